The number of para-hydroxylation sites is 1. The monoisotopic (exact) mass is 518 g/mol. The molecule has 1 heterocycles. The lowest BCUT2D eigenvalue weighted by Crippen LogP contribution is -2.33. The SMILES string of the molecule is Cc1ccc(F)cc1C(=O)Nc1ccc(C(=O)N2CCC3(C=C(CO)CC3)Cc3ccccc32)c(Cl)c1. The topological polar surface area (TPSA) is 69.6 Å². The second-order valence-corrected chi connectivity index (χ2v) is 10.4. The molecule has 0 saturated heterocycles. The lowest BCUT2D eigenvalue weighted by molar-refractivity contribution is 0.0984. The molecular weight excluding hydrogens is 491 g/mol. The average Bonchev–Trinajstić information content (AvgIpc) is 3.21. The third kappa shape index (κ3) is 5.04. The summed E-state index contributed by atoms with van der Waals surface area (Å²) in [4.78, 5) is 28.2. The highest BCUT2D eigenvalue weighted by Crippen LogP contribution is 2.46. The quantitative estimate of drug-likeness (QED) is 0.396. The third-order valence-electron chi connectivity index (χ3n) is 7.46. The number of fused-ring (bicyclic) bond motifs is 1. The van der Waals surface area contributed by atoms with Gasteiger partial charge in [-0.3, -0.25) is 9.59 Å². The van der Waals surface area contributed by atoms with Crippen LogP contribution in [0.3, 0.4) is 0 Å². The fourth-order valence-electron chi connectivity index (χ4n) is 5.45. The molecule has 1 aliphatic heterocycles. The van der Waals surface area contributed by atoms with Crippen LogP contribution in [-0.2, 0) is 6.42 Å². The summed E-state index contributed by atoms with van der Waals surface area (Å²) in [5, 5.41) is 12.6. The molecule has 2 aliphatic rings. The molecule has 37 heavy (non-hydrogen) atoms. The van der Waals surface area contributed by atoms with Gasteiger partial charge in [-0.1, -0.05) is 41.9 Å². The molecule has 0 saturated carbocycles. The summed E-state index contributed by atoms with van der Waals surface area (Å²) >= 11 is 6.56. The number of carbonyl (C=O) groups is 2. The van der Waals surface area contributed by atoms with E-state index in [-0.39, 0.29) is 28.5 Å². The number of nitrogens with zero attached hydrogens (tertiary/aromatic N) is 1. The van der Waals surface area contributed by atoms with Crippen molar-refractivity contribution in [1.82, 2.24) is 0 Å². The van der Waals surface area contributed by atoms with Crippen molar-refractivity contribution >= 4 is 34.8 Å². The van der Waals surface area contributed by atoms with Gasteiger partial charge >= 0.3 is 0 Å². The van der Waals surface area contributed by atoms with Gasteiger partial charge in [0.25, 0.3) is 11.8 Å². The van der Waals surface area contributed by atoms with Gasteiger partial charge in [0.1, 0.15) is 5.82 Å². The van der Waals surface area contributed by atoms with Crippen LogP contribution in [0.5, 0.6) is 0 Å². The van der Waals surface area contributed by atoms with Crippen molar-refractivity contribution in [2.75, 3.05) is 23.4 Å². The van der Waals surface area contributed by atoms with Crippen LogP contribution in [0.2, 0.25) is 5.02 Å². The van der Waals surface area contributed by atoms with Crippen molar-refractivity contribution in [2.45, 2.75) is 32.6 Å². The van der Waals surface area contributed by atoms with Gasteiger partial charge in [0.05, 0.1) is 17.2 Å². The highest BCUT2D eigenvalue weighted by molar-refractivity contribution is 6.35. The van der Waals surface area contributed by atoms with E-state index >= 15 is 0 Å². The van der Waals surface area contributed by atoms with E-state index in [9.17, 15) is 19.1 Å². The van der Waals surface area contributed by atoms with E-state index in [0.717, 1.165) is 42.5 Å². The van der Waals surface area contributed by atoms with Gasteiger partial charge in [-0.15, -0.1) is 0 Å². The molecule has 7 heteroatoms. The number of halogens is 2. The van der Waals surface area contributed by atoms with E-state index < -0.39 is 11.7 Å². The van der Waals surface area contributed by atoms with Gasteiger partial charge in [-0.2, -0.15) is 0 Å². The number of amides is 2. The zero-order chi connectivity index (χ0) is 26.2. The van der Waals surface area contributed by atoms with Crippen LogP contribution in [0.4, 0.5) is 15.8 Å². The van der Waals surface area contributed by atoms with Crippen LogP contribution in [0.25, 0.3) is 0 Å². The number of aliphatic hydroxyl groups is 1. The molecule has 0 aromatic heterocycles. The van der Waals surface area contributed by atoms with Gasteiger partial charge in [0.15, 0.2) is 0 Å². The molecule has 1 unspecified atom stereocenters. The minimum atomic E-state index is -0.491. The van der Waals surface area contributed by atoms with Crippen LogP contribution in [-0.4, -0.2) is 30.1 Å². The van der Waals surface area contributed by atoms with Crippen LogP contribution in [0.15, 0.2) is 72.3 Å². The number of aryl methyl sites for hydroxylation is 1. The maximum Gasteiger partial charge on any atom is 0.259 e. The molecule has 190 valence electrons. The molecule has 1 spiro atoms. The maximum absolute atomic E-state index is 13.8. The number of rotatable bonds is 4. The predicted octanol–water partition coefficient (Wildman–Crippen LogP) is 6.33. The normalized spacial score (nSPS) is 18.8. The third-order valence-corrected chi connectivity index (χ3v) is 7.78. The van der Waals surface area contributed by atoms with Crippen LogP contribution in [0, 0.1) is 18.2 Å². The van der Waals surface area contributed by atoms with Crippen LogP contribution >= 0.6 is 11.6 Å². The van der Waals surface area contributed by atoms with E-state index in [1.54, 1.807) is 36.1 Å². The first kappa shape index (κ1) is 25.2. The number of benzene rings is 3. The Kier molecular flexibility index (Phi) is 6.88. The Morgan fingerprint density at radius 1 is 1.08 bits per heavy atom. The first-order valence-corrected chi connectivity index (χ1v) is 12.7. The predicted molar refractivity (Wildman–Crippen MR) is 144 cm³/mol. The van der Waals surface area contributed by atoms with Gasteiger partial charge in [0, 0.05) is 23.5 Å². The summed E-state index contributed by atoms with van der Waals surface area (Å²) in [7, 11) is 0. The van der Waals surface area contributed by atoms with Crippen LogP contribution < -0.4 is 10.2 Å². The fourth-order valence-corrected chi connectivity index (χ4v) is 5.72. The van der Waals surface area contributed by atoms with Gasteiger partial charge in [0.2, 0.25) is 0 Å². The van der Waals surface area contributed by atoms with Crippen molar-refractivity contribution in [3.8, 4) is 0 Å². The lowest BCUT2D eigenvalue weighted by Gasteiger charge is -2.26. The van der Waals surface area contributed by atoms with Gasteiger partial charge in [-0.05, 0) is 91.1 Å². The molecule has 1 atom stereocenters. The van der Waals surface area contributed by atoms with E-state index in [0.29, 0.717) is 23.4 Å². The first-order chi connectivity index (χ1) is 17.8. The van der Waals surface area contributed by atoms with E-state index in [2.05, 4.69) is 17.5 Å². The van der Waals surface area contributed by atoms with Gasteiger partial charge < -0.3 is 15.3 Å². The Morgan fingerprint density at radius 3 is 2.65 bits per heavy atom. The van der Waals surface area contributed by atoms with E-state index in [1.165, 1.54) is 12.1 Å². The van der Waals surface area contributed by atoms with Crippen molar-refractivity contribution < 1.29 is 19.1 Å². The highest BCUT2D eigenvalue weighted by atomic mass is 35.5. The second kappa shape index (κ2) is 10.1. The number of aliphatic hydroxyl groups excluding tert-OH is 1. The molecule has 0 fully saturated rings. The van der Waals surface area contributed by atoms with Crippen molar-refractivity contribution in [2.24, 2.45) is 5.41 Å². The first-order valence-electron chi connectivity index (χ1n) is 12.4. The molecule has 5 rings (SSSR count). The maximum atomic E-state index is 13.8. The van der Waals surface area contributed by atoms with Crippen LogP contribution in [0.1, 0.15) is 51.1 Å². The zero-order valence-corrected chi connectivity index (χ0v) is 21.3. The standard InChI is InChI=1S/C30H28ClFN2O3/c1-19-6-7-22(32)14-25(19)28(36)33-23-8-9-24(26(31)15-23)29(37)34-13-12-30(11-10-20(16-30)18-35)17-21-4-2-3-5-27(21)34/h2-9,14-16,35H,10-13,17-18H2,1H3,(H,33,36). The van der Waals surface area contributed by atoms with E-state index in [4.69, 9.17) is 11.6 Å². The summed E-state index contributed by atoms with van der Waals surface area (Å²) in [5.41, 5.74) is 4.58. The summed E-state index contributed by atoms with van der Waals surface area (Å²) in [6.45, 7) is 2.33. The highest BCUT2D eigenvalue weighted by Gasteiger charge is 2.38. The number of allylic oxidation sites excluding steroid dienone is 1. The molecule has 3 aromatic rings. The summed E-state index contributed by atoms with van der Waals surface area (Å²) in [5.74, 6) is -1.15. The zero-order valence-electron chi connectivity index (χ0n) is 20.6. The molecule has 2 N–H and O–H groups in total. The molecule has 1 aliphatic carbocycles. The molecule has 0 radical (unpaired) electrons. The number of carbonyl (C=O) groups excluding carboxylic acids is 2. The molecule has 0 bridgehead atoms. The molecule has 2 amide bonds. The largest absolute Gasteiger partial charge is 0.392 e. The molecule has 5 nitrogen and oxygen atoms in total. The summed E-state index contributed by atoms with van der Waals surface area (Å²) in [6, 6.07) is 16.8. The number of hydrogen-bond donors (Lipinski definition) is 2. The smallest absolute Gasteiger partial charge is 0.259 e. The Balaban J connectivity index is 1.40. The van der Waals surface area contributed by atoms with Crippen molar-refractivity contribution in [3.63, 3.8) is 0 Å². The Bertz CT molecular complexity index is 1420. The summed E-state index contributed by atoms with van der Waals surface area (Å²) in [6.07, 6.45) is 5.65. The fraction of sp³-hybridized carbons (Fsp3) is 0.267. The lowest BCUT2D eigenvalue weighted by atomic mass is 9.79. The number of nitrogens with one attached hydrogen (secondary N) is 1. The molecular formula is C30H28ClFN2O3. The second-order valence-electron chi connectivity index (χ2n) is 9.94. The van der Waals surface area contributed by atoms with E-state index in [1.807, 2.05) is 18.2 Å². The Hall–Kier alpha value is -3.48. The Morgan fingerprint density at radius 2 is 1.89 bits per heavy atom. The van der Waals surface area contributed by atoms with Crippen molar-refractivity contribution in [3.05, 3.63) is 105 Å². The summed E-state index contributed by atoms with van der Waals surface area (Å²) < 4.78 is 13.6. The minimum Gasteiger partial charge on any atom is -0.392 e. The minimum absolute atomic E-state index is 0.0727. The number of anilines is 2. The van der Waals surface area contributed by atoms with Crippen molar-refractivity contribution in [1.29, 1.82) is 0 Å². The Labute approximate surface area is 220 Å². The van der Waals surface area contributed by atoms with Gasteiger partial charge in [-0.25, -0.2) is 4.39 Å². The molecule has 3 aromatic carbocycles. The average molecular weight is 519 g/mol. The number of hydrogen-bond acceptors (Lipinski definition) is 3.